The third-order valence-electron chi connectivity index (χ3n) is 8.13. The zero-order valence-electron chi connectivity index (χ0n) is 22.6. The van der Waals surface area contributed by atoms with Gasteiger partial charge in [-0.15, -0.1) is 0 Å². The van der Waals surface area contributed by atoms with Gasteiger partial charge in [-0.25, -0.2) is 0 Å². The standard InChI is InChI=1S/C30H35N7O2/c1-35-12-5-7-24(35)19-39-30-33-27-22(14-21-16-25(38)15-20-6-3-4-8-26(20)21)17-36(2)28(27)29(34-30)37-13-11-32-23(18-37)9-10-31/h3-4,6,8,15-17,23-24,32,38H,5,7,9,11-14,18-19H2,1-2H3/t23-,24-/m0/s1. The number of benzene rings is 2. The van der Waals surface area contributed by atoms with Crippen LogP contribution in [0.2, 0.25) is 0 Å². The summed E-state index contributed by atoms with van der Waals surface area (Å²) in [6.45, 7) is 3.91. The monoisotopic (exact) mass is 525 g/mol. The SMILES string of the molecule is CN1CCC[C@H]1COc1nc(N2CCN[C@@H](CC#N)C2)c2c(n1)c(Cc1cc(O)cc3ccccc13)cn2C. The van der Waals surface area contributed by atoms with E-state index < -0.39 is 0 Å². The zero-order chi connectivity index (χ0) is 26.9. The Morgan fingerprint density at radius 3 is 2.85 bits per heavy atom. The Kier molecular flexibility index (Phi) is 6.98. The lowest BCUT2D eigenvalue weighted by atomic mass is 9.99. The summed E-state index contributed by atoms with van der Waals surface area (Å²) in [5.41, 5.74) is 3.92. The molecule has 0 spiro atoms. The second kappa shape index (κ2) is 10.7. The normalized spacial score (nSPS) is 20.1. The van der Waals surface area contributed by atoms with Gasteiger partial charge in [0.1, 0.15) is 23.4 Å². The Hall–Kier alpha value is -3.87. The number of aromatic hydroxyl groups is 1. The fourth-order valence-electron chi connectivity index (χ4n) is 6.09. The van der Waals surface area contributed by atoms with Gasteiger partial charge in [0.2, 0.25) is 0 Å². The summed E-state index contributed by atoms with van der Waals surface area (Å²) >= 11 is 0. The molecule has 2 aromatic heterocycles. The van der Waals surface area contributed by atoms with Crippen molar-refractivity contribution in [2.24, 2.45) is 7.05 Å². The van der Waals surface area contributed by atoms with E-state index in [1.807, 2.05) is 31.3 Å². The Labute approximate surface area is 228 Å². The molecule has 4 aromatic rings. The molecule has 6 rings (SSSR count). The van der Waals surface area contributed by atoms with Gasteiger partial charge in [0.05, 0.1) is 12.5 Å². The number of ether oxygens (including phenoxy) is 1. The smallest absolute Gasteiger partial charge is 0.319 e. The highest BCUT2D eigenvalue weighted by Gasteiger charge is 2.27. The molecule has 9 heteroatoms. The van der Waals surface area contributed by atoms with Crippen molar-refractivity contribution in [2.45, 2.75) is 37.8 Å². The van der Waals surface area contributed by atoms with E-state index in [1.165, 1.54) is 6.42 Å². The molecule has 2 aliphatic heterocycles. The molecular formula is C30H35N7O2. The highest BCUT2D eigenvalue weighted by atomic mass is 16.5. The highest BCUT2D eigenvalue weighted by Crippen LogP contribution is 2.34. The molecular weight excluding hydrogens is 490 g/mol. The minimum Gasteiger partial charge on any atom is -0.508 e. The average Bonchev–Trinajstić information content (AvgIpc) is 3.49. The third kappa shape index (κ3) is 5.10. The molecule has 2 aliphatic rings. The molecule has 2 aromatic carbocycles. The Bertz CT molecular complexity index is 1540. The van der Waals surface area contributed by atoms with Crippen molar-refractivity contribution < 1.29 is 9.84 Å². The van der Waals surface area contributed by atoms with Crippen LogP contribution in [0.4, 0.5) is 5.82 Å². The molecule has 2 saturated heterocycles. The molecule has 0 radical (unpaired) electrons. The molecule has 4 heterocycles. The molecule has 202 valence electrons. The van der Waals surface area contributed by atoms with Gasteiger partial charge in [0.15, 0.2) is 5.82 Å². The number of nitrogens with zero attached hydrogens (tertiary/aromatic N) is 6. The van der Waals surface area contributed by atoms with E-state index in [0.29, 0.717) is 38.0 Å². The number of phenolic OH excluding ortho intramolecular Hbond substituents is 1. The van der Waals surface area contributed by atoms with Crippen molar-refractivity contribution in [3.63, 3.8) is 0 Å². The topological polar surface area (TPSA) is 102 Å². The molecule has 2 N–H and O–H groups in total. The quantitative estimate of drug-likeness (QED) is 0.378. The number of fused-ring (bicyclic) bond motifs is 2. The number of anilines is 1. The number of hydrogen-bond donors (Lipinski definition) is 2. The van der Waals surface area contributed by atoms with Crippen molar-refractivity contribution in [1.82, 2.24) is 24.8 Å². The van der Waals surface area contributed by atoms with Crippen LogP contribution in [-0.2, 0) is 13.5 Å². The summed E-state index contributed by atoms with van der Waals surface area (Å²) in [5, 5.41) is 25.3. The van der Waals surface area contributed by atoms with Crippen LogP contribution in [0.1, 0.15) is 30.4 Å². The van der Waals surface area contributed by atoms with Gasteiger partial charge >= 0.3 is 6.01 Å². The van der Waals surface area contributed by atoms with E-state index in [2.05, 4.69) is 45.1 Å². The first kappa shape index (κ1) is 25.4. The van der Waals surface area contributed by atoms with Crippen LogP contribution in [-0.4, -0.2) is 76.5 Å². The van der Waals surface area contributed by atoms with Gasteiger partial charge < -0.3 is 29.5 Å². The predicted octanol–water partition coefficient (Wildman–Crippen LogP) is 3.58. The number of rotatable bonds is 7. The van der Waals surface area contributed by atoms with Crippen LogP contribution < -0.4 is 15.0 Å². The summed E-state index contributed by atoms with van der Waals surface area (Å²) in [5.74, 6) is 1.10. The molecule has 0 saturated carbocycles. The van der Waals surface area contributed by atoms with E-state index in [-0.39, 0.29) is 11.8 Å². The summed E-state index contributed by atoms with van der Waals surface area (Å²) in [7, 11) is 4.17. The average molecular weight is 526 g/mol. The Balaban J connectivity index is 1.42. The third-order valence-corrected chi connectivity index (χ3v) is 8.13. The molecule has 2 atom stereocenters. The maximum Gasteiger partial charge on any atom is 0.319 e. The first-order valence-corrected chi connectivity index (χ1v) is 13.7. The lowest BCUT2D eigenvalue weighted by molar-refractivity contribution is 0.188. The summed E-state index contributed by atoms with van der Waals surface area (Å²) in [6.07, 6.45) is 5.47. The zero-order valence-corrected chi connectivity index (χ0v) is 22.6. The minimum atomic E-state index is 0.0867. The van der Waals surface area contributed by atoms with Crippen molar-refractivity contribution in [1.29, 1.82) is 5.26 Å². The van der Waals surface area contributed by atoms with Gasteiger partial charge in [0, 0.05) is 56.9 Å². The van der Waals surface area contributed by atoms with Gasteiger partial charge in [-0.2, -0.15) is 15.2 Å². The van der Waals surface area contributed by atoms with Crippen LogP contribution in [0.3, 0.4) is 0 Å². The van der Waals surface area contributed by atoms with Crippen LogP contribution in [0, 0.1) is 11.3 Å². The maximum absolute atomic E-state index is 10.4. The Morgan fingerprint density at radius 1 is 1.15 bits per heavy atom. The van der Waals surface area contributed by atoms with E-state index in [1.54, 1.807) is 6.07 Å². The van der Waals surface area contributed by atoms with Gasteiger partial charge in [-0.1, -0.05) is 24.3 Å². The number of aryl methyl sites for hydroxylation is 1. The lowest BCUT2D eigenvalue weighted by Crippen LogP contribution is -2.51. The van der Waals surface area contributed by atoms with Crippen molar-refractivity contribution >= 4 is 27.6 Å². The number of piperazine rings is 1. The number of likely N-dealkylation sites (tertiary alicyclic amines) is 1. The molecule has 0 unspecified atom stereocenters. The fraction of sp³-hybridized carbons (Fsp3) is 0.433. The lowest BCUT2D eigenvalue weighted by Gasteiger charge is -2.34. The number of hydrogen-bond acceptors (Lipinski definition) is 8. The molecule has 9 nitrogen and oxygen atoms in total. The van der Waals surface area contributed by atoms with E-state index in [0.717, 1.165) is 64.8 Å². The van der Waals surface area contributed by atoms with Gasteiger partial charge in [-0.05, 0) is 54.9 Å². The number of nitriles is 1. The van der Waals surface area contributed by atoms with Crippen LogP contribution in [0.15, 0.2) is 42.6 Å². The van der Waals surface area contributed by atoms with Gasteiger partial charge in [0.25, 0.3) is 0 Å². The molecule has 0 aliphatic carbocycles. The summed E-state index contributed by atoms with van der Waals surface area (Å²) in [4.78, 5) is 14.5. The molecule has 0 bridgehead atoms. The van der Waals surface area contributed by atoms with Crippen molar-refractivity contribution in [2.75, 3.05) is 44.7 Å². The van der Waals surface area contributed by atoms with Gasteiger partial charge in [-0.3, -0.25) is 0 Å². The Morgan fingerprint density at radius 2 is 2.03 bits per heavy atom. The van der Waals surface area contributed by atoms with Crippen LogP contribution >= 0.6 is 0 Å². The number of likely N-dealkylation sites (N-methyl/N-ethyl adjacent to an activating group) is 1. The first-order valence-electron chi connectivity index (χ1n) is 13.7. The van der Waals surface area contributed by atoms with E-state index >= 15 is 0 Å². The molecule has 39 heavy (non-hydrogen) atoms. The van der Waals surface area contributed by atoms with E-state index in [9.17, 15) is 10.4 Å². The largest absolute Gasteiger partial charge is 0.508 e. The number of phenols is 1. The van der Waals surface area contributed by atoms with Crippen molar-refractivity contribution in [3.05, 3.63) is 53.7 Å². The van der Waals surface area contributed by atoms with Crippen LogP contribution in [0.5, 0.6) is 11.8 Å². The van der Waals surface area contributed by atoms with Crippen molar-refractivity contribution in [3.8, 4) is 17.8 Å². The minimum absolute atomic E-state index is 0.0867. The van der Waals surface area contributed by atoms with Crippen LogP contribution in [0.25, 0.3) is 21.8 Å². The second-order valence-corrected chi connectivity index (χ2v) is 10.8. The molecule has 2 fully saturated rings. The summed E-state index contributed by atoms with van der Waals surface area (Å²) in [6, 6.07) is 14.9. The number of aromatic nitrogens is 3. The highest BCUT2D eigenvalue weighted by molar-refractivity contribution is 5.92. The maximum atomic E-state index is 10.4. The first-order chi connectivity index (χ1) is 19.0. The summed E-state index contributed by atoms with van der Waals surface area (Å²) < 4.78 is 8.37. The second-order valence-electron chi connectivity index (χ2n) is 10.8. The molecule has 0 amide bonds. The number of nitrogens with one attached hydrogen (secondary N) is 1. The fourth-order valence-corrected chi connectivity index (χ4v) is 6.09. The van der Waals surface area contributed by atoms with E-state index in [4.69, 9.17) is 14.7 Å². The predicted molar refractivity (Wildman–Crippen MR) is 152 cm³/mol.